The Kier molecular flexibility index (Phi) is 2.50. The van der Waals surface area contributed by atoms with Crippen LogP contribution in [0.1, 0.15) is 5.56 Å². The van der Waals surface area contributed by atoms with Crippen LogP contribution in [0.3, 0.4) is 0 Å². The van der Waals surface area contributed by atoms with Crippen molar-refractivity contribution in [2.24, 2.45) is 0 Å². The summed E-state index contributed by atoms with van der Waals surface area (Å²) in [6.45, 7) is 1.97. The number of benzene rings is 3. The third-order valence-electron chi connectivity index (χ3n) is 4.65. The molecule has 0 saturated heterocycles. The van der Waals surface area contributed by atoms with Crippen LogP contribution in [0, 0.1) is 6.92 Å². The van der Waals surface area contributed by atoms with E-state index in [1.165, 1.54) is 12.1 Å². The molecule has 0 atom stereocenters. The number of nitrogens with zero attached hydrogens (tertiary/aromatic N) is 3. The predicted molar refractivity (Wildman–Crippen MR) is 95.3 cm³/mol. The molecule has 8 heteroatoms. The number of rotatable bonds is 2. The molecule has 2 heterocycles. The van der Waals surface area contributed by atoms with Gasteiger partial charge in [0.2, 0.25) is 0 Å². The van der Waals surface area contributed by atoms with Gasteiger partial charge in [0.15, 0.2) is 0 Å². The van der Waals surface area contributed by atoms with Crippen molar-refractivity contribution in [1.29, 1.82) is 0 Å². The molecule has 7 nitrogen and oxygen atoms in total. The van der Waals surface area contributed by atoms with E-state index >= 15 is 0 Å². The van der Waals surface area contributed by atoms with Gasteiger partial charge in [-0.3, -0.25) is 4.55 Å². The van der Waals surface area contributed by atoms with E-state index in [1.54, 1.807) is 6.07 Å². The first-order valence-electron chi connectivity index (χ1n) is 7.67. The van der Waals surface area contributed by atoms with Crippen molar-refractivity contribution >= 4 is 37.6 Å². The Hall–Kier alpha value is -2.97. The highest BCUT2D eigenvalue weighted by molar-refractivity contribution is 7.85. The van der Waals surface area contributed by atoms with Crippen LogP contribution in [0.15, 0.2) is 53.4 Å². The number of anilines is 1. The fraction of sp³-hybridized carbons (Fsp3) is 0.0588. The average molecular weight is 354 g/mol. The maximum Gasteiger partial charge on any atom is 0.294 e. The summed E-state index contributed by atoms with van der Waals surface area (Å²) in [6.07, 6.45) is 0. The predicted octanol–water partition coefficient (Wildman–Crippen LogP) is 2.71. The second kappa shape index (κ2) is 4.35. The van der Waals surface area contributed by atoms with E-state index in [-0.39, 0.29) is 4.90 Å². The van der Waals surface area contributed by atoms with Gasteiger partial charge in [-0.05, 0) is 54.3 Å². The zero-order chi connectivity index (χ0) is 17.5. The molecule has 3 N–H and O–H groups in total. The number of fused-ring (bicyclic) bond motifs is 6. The minimum Gasteiger partial charge on any atom is -0.399 e. The molecular formula is C17H14N4O3S. The van der Waals surface area contributed by atoms with Crippen LogP contribution in [0.2, 0.25) is 0 Å². The number of nitrogen functional groups attached to an aromatic ring is 1. The summed E-state index contributed by atoms with van der Waals surface area (Å²) < 4.78 is 35.9. The van der Waals surface area contributed by atoms with E-state index in [1.807, 2.05) is 51.3 Å². The zero-order valence-electron chi connectivity index (χ0n) is 13.2. The van der Waals surface area contributed by atoms with Crippen LogP contribution in [-0.2, 0) is 10.1 Å². The fourth-order valence-corrected chi connectivity index (χ4v) is 3.81. The molecule has 0 unspecified atom stereocenters. The molecule has 2 aromatic heterocycles. The molecule has 0 aliphatic heterocycles. The van der Waals surface area contributed by atoms with Crippen molar-refractivity contribution in [2.45, 2.75) is 11.8 Å². The van der Waals surface area contributed by atoms with E-state index < -0.39 is 10.1 Å². The molecule has 5 aromatic rings. The van der Waals surface area contributed by atoms with Crippen LogP contribution in [0.4, 0.5) is 5.69 Å². The molecule has 0 amide bonds. The standard InChI is InChI=1S/C17H14N4O3S/c1-10-8-12(3-6-15(10)18)19-20-16-7-2-11-9-13(25(22,23)24)4-5-14(11)17(16)21(19)20/h2-9H,18H2,1H3,(H,22,23,24). The normalized spacial score (nSPS) is 12.9. The molecule has 0 spiro atoms. The van der Waals surface area contributed by atoms with E-state index in [2.05, 4.69) is 0 Å². The number of aryl methyl sites for hydroxylation is 1. The van der Waals surface area contributed by atoms with Gasteiger partial charge in [-0.15, -0.1) is 9.26 Å². The lowest BCUT2D eigenvalue weighted by Gasteiger charge is -2.05. The van der Waals surface area contributed by atoms with Gasteiger partial charge in [0.25, 0.3) is 10.1 Å². The summed E-state index contributed by atoms with van der Waals surface area (Å²) in [5, 5.41) is 1.68. The molecule has 0 saturated carbocycles. The number of aromatic nitrogens is 3. The van der Waals surface area contributed by atoms with Gasteiger partial charge in [0, 0.05) is 11.1 Å². The summed E-state index contributed by atoms with van der Waals surface area (Å²) in [4.78, 5) is 1.92. The molecule has 0 fully saturated rings. The average Bonchev–Trinajstić information content (AvgIpc) is 3.20. The van der Waals surface area contributed by atoms with Gasteiger partial charge in [-0.1, -0.05) is 12.1 Å². The molecule has 0 radical (unpaired) electrons. The van der Waals surface area contributed by atoms with E-state index in [9.17, 15) is 13.0 Å². The van der Waals surface area contributed by atoms with Crippen LogP contribution < -0.4 is 5.73 Å². The number of nitrogens with two attached hydrogens (primary N) is 1. The number of hydrogen-bond acceptors (Lipinski definition) is 3. The second-order valence-corrected chi connectivity index (χ2v) is 7.62. The Labute approximate surface area is 142 Å². The zero-order valence-corrected chi connectivity index (χ0v) is 14.0. The lowest BCUT2D eigenvalue weighted by Crippen LogP contribution is -1.98. The molecule has 0 aliphatic rings. The van der Waals surface area contributed by atoms with E-state index in [0.29, 0.717) is 0 Å². The highest BCUT2D eigenvalue weighted by atomic mass is 32.2. The SMILES string of the molecule is Cc1cc(-n2n3c4ccc5cc(S(=O)(=O)O)ccc5c4n23)ccc1N. The molecule has 126 valence electrons. The Bertz CT molecular complexity index is 1390. The summed E-state index contributed by atoms with van der Waals surface area (Å²) in [5.41, 5.74) is 10.7. The molecular weight excluding hydrogens is 340 g/mol. The minimum atomic E-state index is -4.21. The van der Waals surface area contributed by atoms with Gasteiger partial charge in [0.05, 0.1) is 10.6 Å². The molecule has 3 aromatic carbocycles. The molecule has 5 rings (SSSR count). The summed E-state index contributed by atoms with van der Waals surface area (Å²) in [7, 11) is -4.21. The third kappa shape index (κ3) is 1.86. The Morgan fingerprint density at radius 1 is 1.00 bits per heavy atom. The van der Waals surface area contributed by atoms with Crippen LogP contribution in [0.5, 0.6) is 0 Å². The summed E-state index contributed by atoms with van der Waals surface area (Å²) in [6, 6.07) is 14.3. The molecule has 0 aliphatic carbocycles. The first-order valence-corrected chi connectivity index (χ1v) is 9.11. The Morgan fingerprint density at radius 2 is 1.80 bits per heavy atom. The highest BCUT2D eigenvalue weighted by Crippen LogP contribution is 2.33. The highest BCUT2D eigenvalue weighted by Gasteiger charge is 2.26. The van der Waals surface area contributed by atoms with Gasteiger partial charge in [-0.2, -0.15) is 13.2 Å². The van der Waals surface area contributed by atoms with Crippen LogP contribution in [-0.4, -0.2) is 27.0 Å². The summed E-state index contributed by atoms with van der Waals surface area (Å²) >= 11 is 0. The minimum absolute atomic E-state index is 0.104. The van der Waals surface area contributed by atoms with Crippen molar-refractivity contribution in [3.05, 3.63) is 54.1 Å². The van der Waals surface area contributed by atoms with Crippen molar-refractivity contribution in [3.63, 3.8) is 0 Å². The van der Waals surface area contributed by atoms with Crippen molar-refractivity contribution in [1.82, 2.24) is 14.1 Å². The smallest absolute Gasteiger partial charge is 0.294 e. The number of hydrogen-bond donors (Lipinski definition) is 2. The lowest BCUT2D eigenvalue weighted by atomic mass is 10.1. The topological polar surface area (TPSA) is 94.1 Å². The fourth-order valence-electron chi connectivity index (χ4n) is 3.29. The third-order valence-corrected chi connectivity index (χ3v) is 5.50. The van der Waals surface area contributed by atoms with Gasteiger partial charge < -0.3 is 5.73 Å². The molecule has 0 bridgehead atoms. The largest absolute Gasteiger partial charge is 0.399 e. The first-order chi connectivity index (χ1) is 11.9. The Balaban J connectivity index is 1.74. The Morgan fingerprint density at radius 3 is 2.52 bits per heavy atom. The van der Waals surface area contributed by atoms with Crippen LogP contribution >= 0.6 is 0 Å². The second-order valence-electron chi connectivity index (χ2n) is 6.20. The molecule has 25 heavy (non-hydrogen) atoms. The maximum absolute atomic E-state index is 11.3. The quantitative estimate of drug-likeness (QED) is 0.376. The monoisotopic (exact) mass is 354 g/mol. The van der Waals surface area contributed by atoms with E-state index in [0.717, 1.165) is 38.7 Å². The van der Waals surface area contributed by atoms with Gasteiger partial charge >= 0.3 is 0 Å². The van der Waals surface area contributed by atoms with Crippen molar-refractivity contribution < 1.29 is 13.0 Å². The van der Waals surface area contributed by atoms with Gasteiger partial charge in [0.1, 0.15) is 11.0 Å². The first kappa shape index (κ1) is 14.4. The lowest BCUT2D eigenvalue weighted by molar-refractivity contribution is 0.483. The van der Waals surface area contributed by atoms with Crippen LogP contribution in [0.25, 0.3) is 27.5 Å². The maximum atomic E-state index is 11.3. The van der Waals surface area contributed by atoms with Gasteiger partial charge in [-0.25, -0.2) is 0 Å². The van der Waals surface area contributed by atoms with Crippen molar-refractivity contribution in [3.8, 4) is 5.69 Å². The van der Waals surface area contributed by atoms with Crippen molar-refractivity contribution in [2.75, 3.05) is 5.73 Å². The summed E-state index contributed by atoms with van der Waals surface area (Å²) in [5.74, 6) is 0. The van der Waals surface area contributed by atoms with E-state index in [4.69, 9.17) is 5.73 Å².